The summed E-state index contributed by atoms with van der Waals surface area (Å²) >= 11 is 0. The number of halogens is 1. The number of rotatable bonds is 4. The molecule has 1 aromatic rings. The van der Waals surface area contributed by atoms with Gasteiger partial charge in [-0.3, -0.25) is 0 Å². The van der Waals surface area contributed by atoms with Gasteiger partial charge in [-0.2, -0.15) is 0 Å². The molecule has 0 heterocycles. The Hall–Kier alpha value is -1.78. The molecule has 0 radical (unpaired) electrons. The minimum absolute atomic E-state index is 0.0911. The van der Waals surface area contributed by atoms with Gasteiger partial charge in [0, 0.05) is 11.7 Å². The Morgan fingerprint density at radius 3 is 2.70 bits per heavy atom. The first-order valence-electron chi connectivity index (χ1n) is 6.96. The van der Waals surface area contributed by atoms with Crippen LogP contribution in [0.3, 0.4) is 0 Å². The zero-order valence-corrected chi connectivity index (χ0v) is 11.9. The molecule has 0 saturated heterocycles. The first-order chi connectivity index (χ1) is 9.52. The van der Waals surface area contributed by atoms with E-state index in [2.05, 4.69) is 10.1 Å². The molecule has 5 heteroatoms. The van der Waals surface area contributed by atoms with Crippen LogP contribution in [0.2, 0.25) is 0 Å². The average molecular weight is 280 g/mol. The molecule has 2 rings (SSSR count). The SMILES string of the molecule is COC(=O)c1cc(NC(C)C2CCCC2)c(F)cc1N. The first-order valence-corrected chi connectivity index (χ1v) is 6.96. The van der Waals surface area contributed by atoms with Gasteiger partial charge in [-0.25, -0.2) is 9.18 Å². The van der Waals surface area contributed by atoms with Gasteiger partial charge in [-0.15, -0.1) is 0 Å². The van der Waals surface area contributed by atoms with E-state index in [-0.39, 0.29) is 17.3 Å². The fourth-order valence-electron chi connectivity index (χ4n) is 2.81. The molecule has 20 heavy (non-hydrogen) atoms. The van der Waals surface area contributed by atoms with E-state index in [1.165, 1.54) is 26.0 Å². The van der Waals surface area contributed by atoms with E-state index < -0.39 is 11.8 Å². The number of nitrogens with two attached hydrogens (primary N) is 1. The van der Waals surface area contributed by atoms with Gasteiger partial charge >= 0.3 is 5.97 Å². The molecule has 1 aromatic carbocycles. The number of carbonyl (C=O) groups excluding carboxylic acids is 1. The van der Waals surface area contributed by atoms with Gasteiger partial charge in [0.05, 0.1) is 18.4 Å². The molecule has 3 N–H and O–H groups in total. The molecule has 0 spiro atoms. The van der Waals surface area contributed by atoms with E-state index in [1.54, 1.807) is 0 Å². The fraction of sp³-hybridized carbons (Fsp3) is 0.533. The van der Waals surface area contributed by atoms with Crippen molar-refractivity contribution in [3.63, 3.8) is 0 Å². The van der Waals surface area contributed by atoms with Crippen LogP contribution in [0.4, 0.5) is 15.8 Å². The summed E-state index contributed by atoms with van der Waals surface area (Å²) in [6.07, 6.45) is 4.78. The summed E-state index contributed by atoms with van der Waals surface area (Å²) in [4.78, 5) is 11.6. The molecule has 1 fully saturated rings. The van der Waals surface area contributed by atoms with Crippen molar-refractivity contribution in [3.8, 4) is 0 Å². The maximum Gasteiger partial charge on any atom is 0.340 e. The van der Waals surface area contributed by atoms with E-state index in [0.29, 0.717) is 11.6 Å². The summed E-state index contributed by atoms with van der Waals surface area (Å²) in [7, 11) is 1.28. The Balaban J connectivity index is 2.20. The van der Waals surface area contributed by atoms with Gasteiger partial charge in [-0.1, -0.05) is 12.8 Å². The minimum Gasteiger partial charge on any atom is -0.465 e. The summed E-state index contributed by atoms with van der Waals surface area (Å²) in [6, 6.07) is 2.76. The van der Waals surface area contributed by atoms with Crippen LogP contribution in [0, 0.1) is 11.7 Å². The maximum atomic E-state index is 14.0. The van der Waals surface area contributed by atoms with Crippen LogP contribution in [0.1, 0.15) is 43.0 Å². The highest BCUT2D eigenvalue weighted by Gasteiger charge is 2.23. The zero-order chi connectivity index (χ0) is 14.7. The van der Waals surface area contributed by atoms with E-state index >= 15 is 0 Å². The number of methoxy groups -OCH3 is 1. The van der Waals surface area contributed by atoms with Crippen LogP contribution in [-0.4, -0.2) is 19.1 Å². The van der Waals surface area contributed by atoms with Gasteiger partial charge in [0.15, 0.2) is 0 Å². The van der Waals surface area contributed by atoms with Crippen LogP contribution < -0.4 is 11.1 Å². The standard InChI is InChI=1S/C15H21FN2O2/c1-9(10-5-3-4-6-10)18-14-7-11(15(19)20-2)13(17)8-12(14)16/h7-10,18H,3-6,17H2,1-2H3. The highest BCUT2D eigenvalue weighted by Crippen LogP contribution is 2.30. The molecular weight excluding hydrogens is 259 g/mol. The quantitative estimate of drug-likeness (QED) is 0.656. The third-order valence-electron chi connectivity index (χ3n) is 4.03. The highest BCUT2D eigenvalue weighted by atomic mass is 19.1. The summed E-state index contributed by atoms with van der Waals surface area (Å²) in [5.74, 6) is -0.451. The smallest absolute Gasteiger partial charge is 0.340 e. The van der Waals surface area contributed by atoms with E-state index in [1.807, 2.05) is 6.92 Å². The van der Waals surface area contributed by atoms with E-state index in [0.717, 1.165) is 18.9 Å². The van der Waals surface area contributed by atoms with Crippen LogP contribution >= 0.6 is 0 Å². The van der Waals surface area contributed by atoms with Gasteiger partial charge in [-0.05, 0) is 37.8 Å². The zero-order valence-electron chi connectivity index (χ0n) is 11.9. The second-order valence-corrected chi connectivity index (χ2v) is 5.39. The van der Waals surface area contributed by atoms with Crippen molar-refractivity contribution in [2.24, 2.45) is 5.92 Å². The van der Waals surface area contributed by atoms with Crippen molar-refractivity contribution in [2.45, 2.75) is 38.6 Å². The lowest BCUT2D eigenvalue weighted by molar-refractivity contribution is 0.0602. The van der Waals surface area contributed by atoms with Crippen molar-refractivity contribution >= 4 is 17.3 Å². The Morgan fingerprint density at radius 1 is 1.45 bits per heavy atom. The number of hydrogen-bond acceptors (Lipinski definition) is 4. The van der Waals surface area contributed by atoms with Crippen molar-refractivity contribution in [3.05, 3.63) is 23.5 Å². The number of hydrogen-bond donors (Lipinski definition) is 2. The maximum absolute atomic E-state index is 14.0. The molecule has 1 aliphatic rings. The molecule has 110 valence electrons. The van der Waals surface area contributed by atoms with Crippen molar-refractivity contribution in [1.82, 2.24) is 0 Å². The minimum atomic E-state index is -0.556. The molecule has 4 nitrogen and oxygen atoms in total. The summed E-state index contributed by atoms with van der Waals surface area (Å²) < 4.78 is 18.6. The van der Waals surface area contributed by atoms with Gasteiger partial charge in [0.25, 0.3) is 0 Å². The van der Waals surface area contributed by atoms with Gasteiger partial charge < -0.3 is 15.8 Å². The van der Waals surface area contributed by atoms with Crippen molar-refractivity contribution in [1.29, 1.82) is 0 Å². The predicted molar refractivity (Wildman–Crippen MR) is 77.2 cm³/mol. The number of carbonyl (C=O) groups is 1. The fourth-order valence-corrected chi connectivity index (χ4v) is 2.81. The van der Waals surface area contributed by atoms with E-state index in [9.17, 15) is 9.18 Å². The molecule has 1 aliphatic carbocycles. The lowest BCUT2D eigenvalue weighted by Gasteiger charge is -2.22. The number of nitrogen functional groups attached to an aromatic ring is 1. The molecule has 0 amide bonds. The monoisotopic (exact) mass is 280 g/mol. The Morgan fingerprint density at radius 2 is 2.10 bits per heavy atom. The van der Waals surface area contributed by atoms with Gasteiger partial charge in [0.2, 0.25) is 0 Å². The lowest BCUT2D eigenvalue weighted by Crippen LogP contribution is -2.24. The van der Waals surface area contributed by atoms with Crippen molar-refractivity contribution in [2.75, 3.05) is 18.2 Å². The summed E-state index contributed by atoms with van der Waals surface area (Å²) in [6.45, 7) is 2.05. The Bertz CT molecular complexity index is 499. The Labute approximate surface area is 118 Å². The number of nitrogens with one attached hydrogen (secondary N) is 1. The predicted octanol–water partition coefficient (Wildman–Crippen LogP) is 3.19. The molecule has 0 bridgehead atoms. The third-order valence-corrected chi connectivity index (χ3v) is 4.03. The van der Waals surface area contributed by atoms with Crippen LogP contribution in [0.5, 0.6) is 0 Å². The second-order valence-electron chi connectivity index (χ2n) is 5.39. The molecular formula is C15H21FN2O2. The molecule has 1 atom stereocenters. The highest BCUT2D eigenvalue weighted by molar-refractivity contribution is 5.96. The van der Waals surface area contributed by atoms with E-state index in [4.69, 9.17) is 5.73 Å². The molecule has 0 aliphatic heterocycles. The van der Waals surface area contributed by atoms with Crippen LogP contribution in [-0.2, 0) is 4.74 Å². The number of benzene rings is 1. The molecule has 1 saturated carbocycles. The second kappa shape index (κ2) is 6.11. The summed E-state index contributed by atoms with van der Waals surface area (Å²) in [5.41, 5.74) is 6.24. The topological polar surface area (TPSA) is 64.3 Å². The number of ether oxygens (including phenoxy) is 1. The van der Waals surface area contributed by atoms with Gasteiger partial charge in [0.1, 0.15) is 5.82 Å². The largest absolute Gasteiger partial charge is 0.465 e. The third kappa shape index (κ3) is 3.03. The normalized spacial score (nSPS) is 16.9. The van der Waals surface area contributed by atoms with Crippen molar-refractivity contribution < 1.29 is 13.9 Å². The lowest BCUT2D eigenvalue weighted by atomic mass is 9.99. The Kier molecular flexibility index (Phi) is 4.47. The average Bonchev–Trinajstić information content (AvgIpc) is 2.95. The number of anilines is 2. The number of esters is 1. The molecule has 0 aromatic heterocycles. The molecule has 1 unspecified atom stereocenters. The van der Waals surface area contributed by atoms with Crippen LogP contribution in [0.25, 0.3) is 0 Å². The van der Waals surface area contributed by atoms with Crippen LogP contribution in [0.15, 0.2) is 12.1 Å². The summed E-state index contributed by atoms with van der Waals surface area (Å²) in [5, 5.41) is 3.16. The first kappa shape index (κ1) is 14.6.